The molecule has 1 aromatic carbocycles. The first-order valence-corrected chi connectivity index (χ1v) is 5.40. The highest BCUT2D eigenvalue weighted by atomic mass is 32.1. The number of benzene rings is 1. The minimum absolute atomic E-state index is 0.150. The highest BCUT2D eigenvalue weighted by molar-refractivity contribution is 7.80. The zero-order chi connectivity index (χ0) is 12.4. The van der Waals surface area contributed by atoms with Crippen molar-refractivity contribution >= 4 is 34.6 Å². The number of hydrazone groups is 1. The number of carbonyl (C=O) groups is 1. The van der Waals surface area contributed by atoms with Gasteiger partial charge in [-0.25, -0.2) is 4.39 Å². The molecule has 88 valence electrons. The van der Waals surface area contributed by atoms with Crippen molar-refractivity contribution in [1.82, 2.24) is 5.01 Å². The lowest BCUT2D eigenvalue weighted by Gasteiger charge is -2.14. The average Bonchev–Trinajstić information content (AvgIpc) is 2.58. The van der Waals surface area contributed by atoms with Crippen LogP contribution in [0.4, 0.5) is 10.1 Å². The summed E-state index contributed by atoms with van der Waals surface area (Å²) in [6, 6.07) is 5.84. The fourth-order valence-corrected chi connectivity index (χ4v) is 1.72. The van der Waals surface area contributed by atoms with Gasteiger partial charge in [0.2, 0.25) is 5.11 Å². The number of nitrogens with one attached hydrogen (secondary N) is 1. The Balaban J connectivity index is 2.10. The van der Waals surface area contributed by atoms with Gasteiger partial charge < -0.3 is 5.32 Å². The lowest BCUT2D eigenvalue weighted by atomic mass is 10.3. The number of carbonyl (C=O) groups excluding carboxylic acids is 1. The van der Waals surface area contributed by atoms with Crippen LogP contribution in [0.15, 0.2) is 29.4 Å². The van der Waals surface area contributed by atoms with Crippen LogP contribution >= 0.6 is 12.2 Å². The van der Waals surface area contributed by atoms with Crippen molar-refractivity contribution in [2.75, 3.05) is 5.32 Å². The van der Waals surface area contributed by atoms with Crippen molar-refractivity contribution in [3.8, 4) is 0 Å². The summed E-state index contributed by atoms with van der Waals surface area (Å²) >= 11 is 5.03. The molecule has 0 radical (unpaired) electrons. The van der Waals surface area contributed by atoms with Crippen LogP contribution in [0.3, 0.4) is 0 Å². The molecule has 0 saturated heterocycles. The topological polar surface area (TPSA) is 44.7 Å². The maximum absolute atomic E-state index is 12.9. The summed E-state index contributed by atoms with van der Waals surface area (Å²) in [4.78, 5) is 11.5. The van der Waals surface area contributed by atoms with Gasteiger partial charge in [-0.1, -0.05) is 6.07 Å². The summed E-state index contributed by atoms with van der Waals surface area (Å²) in [5.41, 5.74) is 1.20. The molecule has 0 unspecified atom stereocenters. The van der Waals surface area contributed by atoms with Gasteiger partial charge in [0.1, 0.15) is 5.82 Å². The molecule has 4 nitrogen and oxygen atoms in total. The van der Waals surface area contributed by atoms with Gasteiger partial charge in [0.05, 0.1) is 6.42 Å². The van der Waals surface area contributed by atoms with Gasteiger partial charge in [0, 0.05) is 11.4 Å². The Hall–Kier alpha value is -1.82. The molecule has 17 heavy (non-hydrogen) atoms. The van der Waals surface area contributed by atoms with E-state index in [-0.39, 0.29) is 23.3 Å². The normalized spacial score (nSPS) is 14.8. The molecule has 1 aliphatic heterocycles. The molecular weight excluding hydrogens is 241 g/mol. The molecule has 2 rings (SSSR count). The van der Waals surface area contributed by atoms with Gasteiger partial charge >= 0.3 is 0 Å². The van der Waals surface area contributed by atoms with E-state index in [1.54, 1.807) is 19.1 Å². The van der Waals surface area contributed by atoms with E-state index in [2.05, 4.69) is 10.4 Å². The van der Waals surface area contributed by atoms with Crippen LogP contribution in [0.5, 0.6) is 0 Å². The van der Waals surface area contributed by atoms with Gasteiger partial charge in [-0.15, -0.1) is 0 Å². The SMILES string of the molecule is CC1=NN(C(=S)Nc2cccc(F)c2)C(=O)C1. The molecule has 6 heteroatoms. The van der Waals surface area contributed by atoms with E-state index in [0.29, 0.717) is 11.4 Å². The van der Waals surface area contributed by atoms with E-state index in [0.717, 1.165) is 5.01 Å². The average molecular weight is 251 g/mol. The van der Waals surface area contributed by atoms with E-state index in [4.69, 9.17) is 12.2 Å². The molecule has 0 bridgehead atoms. The summed E-state index contributed by atoms with van der Waals surface area (Å²) in [6.07, 6.45) is 0.269. The molecule has 0 saturated carbocycles. The third-order valence-electron chi connectivity index (χ3n) is 2.18. The Morgan fingerprint density at radius 2 is 2.35 bits per heavy atom. The predicted octanol–water partition coefficient (Wildman–Crippen LogP) is 2.13. The molecule has 1 heterocycles. The van der Waals surface area contributed by atoms with Crippen molar-refractivity contribution in [3.63, 3.8) is 0 Å². The second-order valence-electron chi connectivity index (χ2n) is 3.66. The van der Waals surface area contributed by atoms with Crippen LogP contribution in [0.1, 0.15) is 13.3 Å². The number of halogens is 1. The number of thiocarbonyl (C=S) groups is 1. The molecule has 1 aromatic rings. The van der Waals surface area contributed by atoms with Crippen molar-refractivity contribution < 1.29 is 9.18 Å². The summed E-state index contributed by atoms with van der Waals surface area (Å²) in [5, 5.41) is 8.03. The van der Waals surface area contributed by atoms with Gasteiger partial charge in [0.25, 0.3) is 5.91 Å². The minimum atomic E-state index is -0.370. The number of anilines is 1. The largest absolute Gasteiger partial charge is 0.331 e. The summed E-state index contributed by atoms with van der Waals surface area (Å²) in [5.74, 6) is -0.554. The molecule has 1 aliphatic rings. The Morgan fingerprint density at radius 1 is 1.59 bits per heavy atom. The second-order valence-corrected chi connectivity index (χ2v) is 4.04. The van der Waals surface area contributed by atoms with E-state index in [1.165, 1.54) is 12.1 Å². The van der Waals surface area contributed by atoms with Crippen LogP contribution in [-0.2, 0) is 4.79 Å². The van der Waals surface area contributed by atoms with Crippen LogP contribution in [-0.4, -0.2) is 21.7 Å². The van der Waals surface area contributed by atoms with E-state index < -0.39 is 0 Å². The zero-order valence-corrected chi connectivity index (χ0v) is 9.92. The third kappa shape index (κ3) is 2.65. The molecule has 1 amide bonds. The first-order chi connectivity index (χ1) is 8.06. The number of hydrogen-bond donors (Lipinski definition) is 1. The molecule has 1 N–H and O–H groups in total. The highest BCUT2D eigenvalue weighted by Gasteiger charge is 2.24. The Bertz CT molecular complexity index is 515. The number of hydrogen-bond acceptors (Lipinski definition) is 3. The minimum Gasteiger partial charge on any atom is -0.331 e. The lowest BCUT2D eigenvalue weighted by Crippen LogP contribution is -2.32. The van der Waals surface area contributed by atoms with E-state index >= 15 is 0 Å². The quantitative estimate of drug-likeness (QED) is 0.778. The number of nitrogens with zero attached hydrogens (tertiary/aromatic N) is 2. The Morgan fingerprint density at radius 3 is 2.94 bits per heavy atom. The summed E-state index contributed by atoms with van der Waals surface area (Å²) < 4.78 is 12.9. The Labute approximate surface area is 103 Å². The lowest BCUT2D eigenvalue weighted by molar-refractivity contribution is -0.124. The molecule has 0 aliphatic carbocycles. The predicted molar refractivity (Wildman–Crippen MR) is 67.2 cm³/mol. The second kappa shape index (κ2) is 4.58. The van der Waals surface area contributed by atoms with Crippen LogP contribution in [0.25, 0.3) is 0 Å². The molecular formula is C11H10FN3OS. The van der Waals surface area contributed by atoms with E-state index in [9.17, 15) is 9.18 Å². The van der Waals surface area contributed by atoms with Crippen molar-refractivity contribution in [2.45, 2.75) is 13.3 Å². The smallest absolute Gasteiger partial charge is 0.255 e. The monoisotopic (exact) mass is 251 g/mol. The van der Waals surface area contributed by atoms with Gasteiger partial charge in [-0.05, 0) is 37.3 Å². The number of rotatable bonds is 1. The maximum atomic E-state index is 12.9. The summed E-state index contributed by atoms with van der Waals surface area (Å²) in [7, 11) is 0. The molecule has 0 spiro atoms. The van der Waals surface area contributed by atoms with Crippen LogP contribution in [0.2, 0.25) is 0 Å². The fraction of sp³-hybridized carbons (Fsp3) is 0.182. The maximum Gasteiger partial charge on any atom is 0.255 e. The first kappa shape index (κ1) is 11.7. The zero-order valence-electron chi connectivity index (χ0n) is 9.11. The van der Waals surface area contributed by atoms with Gasteiger partial charge in [-0.3, -0.25) is 4.79 Å². The standard InChI is InChI=1S/C11H10FN3OS/c1-7-5-10(16)15(14-7)11(17)13-9-4-2-3-8(12)6-9/h2-4,6H,5H2,1H3,(H,13,17). The number of amides is 1. The summed E-state index contributed by atoms with van der Waals surface area (Å²) in [6.45, 7) is 1.75. The molecule has 0 aromatic heterocycles. The third-order valence-corrected chi connectivity index (χ3v) is 2.46. The highest BCUT2D eigenvalue weighted by Crippen LogP contribution is 2.13. The van der Waals surface area contributed by atoms with Gasteiger partial charge in [0.15, 0.2) is 0 Å². The molecule has 0 atom stereocenters. The first-order valence-electron chi connectivity index (χ1n) is 5.00. The van der Waals surface area contributed by atoms with Gasteiger partial charge in [-0.2, -0.15) is 10.1 Å². The van der Waals surface area contributed by atoms with Crippen LogP contribution < -0.4 is 5.32 Å². The molecule has 0 fully saturated rings. The fourth-order valence-electron chi connectivity index (χ4n) is 1.46. The van der Waals surface area contributed by atoms with Crippen molar-refractivity contribution in [3.05, 3.63) is 30.1 Å². The Kier molecular flexibility index (Phi) is 3.14. The van der Waals surface area contributed by atoms with Crippen molar-refractivity contribution in [2.24, 2.45) is 5.10 Å². The van der Waals surface area contributed by atoms with E-state index in [1.807, 2.05) is 0 Å². The van der Waals surface area contributed by atoms with Crippen molar-refractivity contribution in [1.29, 1.82) is 0 Å². The van der Waals surface area contributed by atoms with Crippen LogP contribution in [0, 0.1) is 5.82 Å².